The van der Waals surface area contributed by atoms with Gasteiger partial charge in [-0.3, -0.25) is 0 Å². The van der Waals surface area contributed by atoms with Gasteiger partial charge in [0.25, 0.3) is 0 Å². The molecule has 0 unspecified atom stereocenters. The van der Waals surface area contributed by atoms with Gasteiger partial charge in [-0.25, -0.2) is 4.79 Å². The van der Waals surface area contributed by atoms with Crippen molar-refractivity contribution in [1.29, 1.82) is 0 Å². The zero-order valence-electron chi connectivity index (χ0n) is 13.0. The van der Waals surface area contributed by atoms with Crippen LogP contribution in [0.1, 0.15) is 50.9 Å². The average molecular weight is 294 g/mol. The summed E-state index contributed by atoms with van der Waals surface area (Å²) in [6.45, 7) is 9.20. The minimum absolute atomic E-state index is 0.211. The number of thioether (sulfide) groups is 1. The Labute approximate surface area is 127 Å². The lowest BCUT2D eigenvalue weighted by Crippen LogP contribution is -2.08. The minimum atomic E-state index is -0.211. The monoisotopic (exact) mass is 294 g/mol. The minimum Gasteiger partial charge on any atom is -0.462 e. The third-order valence-corrected chi connectivity index (χ3v) is 3.99. The summed E-state index contributed by atoms with van der Waals surface area (Å²) in [4.78, 5) is 13.1. The molecule has 1 rings (SSSR count). The number of benzene rings is 1. The fourth-order valence-electron chi connectivity index (χ4n) is 1.60. The summed E-state index contributed by atoms with van der Waals surface area (Å²) in [5.74, 6) is 2.15. The van der Waals surface area contributed by atoms with Crippen molar-refractivity contribution in [2.24, 2.45) is 11.8 Å². The molecule has 0 saturated carbocycles. The predicted octanol–water partition coefficient (Wildman–Crippen LogP) is 5.03. The number of rotatable bonds is 8. The molecular formula is C17H26O2S. The Morgan fingerprint density at radius 2 is 1.85 bits per heavy atom. The summed E-state index contributed by atoms with van der Waals surface area (Å²) in [6.07, 6.45) is 2.10. The zero-order chi connectivity index (χ0) is 15.0. The lowest BCUT2D eigenvalue weighted by atomic mass is 10.1. The molecule has 0 bridgehead atoms. The molecule has 0 aliphatic carbocycles. The first-order valence-corrected chi connectivity index (χ1v) is 8.37. The van der Waals surface area contributed by atoms with E-state index in [1.54, 1.807) is 11.8 Å². The Balaban J connectivity index is 2.47. The molecule has 0 aliphatic rings. The average Bonchev–Trinajstić information content (AvgIpc) is 2.38. The topological polar surface area (TPSA) is 26.3 Å². The van der Waals surface area contributed by atoms with Gasteiger partial charge in [0.2, 0.25) is 0 Å². The predicted molar refractivity (Wildman–Crippen MR) is 86.4 cm³/mol. The number of hydrogen-bond acceptors (Lipinski definition) is 3. The first-order valence-electron chi connectivity index (χ1n) is 7.39. The van der Waals surface area contributed by atoms with Gasteiger partial charge in [-0.1, -0.05) is 33.8 Å². The van der Waals surface area contributed by atoms with Crippen LogP contribution in [-0.2, 0) is 4.74 Å². The highest BCUT2D eigenvalue weighted by molar-refractivity contribution is 7.99. The van der Waals surface area contributed by atoms with E-state index in [4.69, 9.17) is 4.74 Å². The van der Waals surface area contributed by atoms with E-state index in [9.17, 15) is 4.79 Å². The number of carbonyl (C=O) groups is 1. The summed E-state index contributed by atoms with van der Waals surface area (Å²) in [6, 6.07) is 7.74. The number of carbonyl (C=O) groups excluding carboxylic acids is 1. The molecule has 0 fully saturated rings. The van der Waals surface area contributed by atoms with Gasteiger partial charge in [-0.05, 0) is 48.6 Å². The normalized spacial score (nSPS) is 11.1. The Morgan fingerprint density at radius 3 is 2.50 bits per heavy atom. The fourth-order valence-corrected chi connectivity index (χ4v) is 2.81. The van der Waals surface area contributed by atoms with E-state index in [1.165, 1.54) is 6.42 Å². The third-order valence-electron chi connectivity index (χ3n) is 2.96. The van der Waals surface area contributed by atoms with Crippen LogP contribution in [0.2, 0.25) is 0 Å². The summed E-state index contributed by atoms with van der Waals surface area (Å²) in [5.41, 5.74) is 0.656. The van der Waals surface area contributed by atoms with Gasteiger partial charge in [-0.2, -0.15) is 0 Å². The maximum absolute atomic E-state index is 11.9. The number of ether oxygens (including phenoxy) is 1. The fraction of sp³-hybridized carbons (Fsp3) is 0.588. The largest absolute Gasteiger partial charge is 0.462 e. The Morgan fingerprint density at radius 1 is 1.15 bits per heavy atom. The molecule has 0 saturated heterocycles. The van der Waals surface area contributed by atoms with Crippen molar-refractivity contribution < 1.29 is 9.53 Å². The van der Waals surface area contributed by atoms with Crippen LogP contribution in [0.3, 0.4) is 0 Å². The van der Waals surface area contributed by atoms with E-state index in [1.807, 2.05) is 18.2 Å². The molecule has 0 atom stereocenters. The molecule has 20 heavy (non-hydrogen) atoms. The second-order valence-corrected chi connectivity index (χ2v) is 7.05. The van der Waals surface area contributed by atoms with E-state index >= 15 is 0 Å². The second-order valence-electron chi connectivity index (χ2n) is 5.88. The molecule has 0 N–H and O–H groups in total. The molecule has 0 aliphatic heterocycles. The van der Waals surface area contributed by atoms with Gasteiger partial charge in [0, 0.05) is 4.90 Å². The summed E-state index contributed by atoms with van der Waals surface area (Å²) < 4.78 is 5.29. The van der Waals surface area contributed by atoms with Crippen molar-refractivity contribution in [3.8, 4) is 0 Å². The first-order chi connectivity index (χ1) is 9.49. The highest BCUT2D eigenvalue weighted by atomic mass is 32.2. The summed E-state index contributed by atoms with van der Waals surface area (Å²) in [7, 11) is 0. The van der Waals surface area contributed by atoms with Crippen molar-refractivity contribution in [3.05, 3.63) is 29.8 Å². The van der Waals surface area contributed by atoms with Gasteiger partial charge in [-0.15, -0.1) is 11.8 Å². The SMILES string of the molecule is CC(C)CCOC(=O)c1cccc(SCCC(C)C)c1. The lowest BCUT2D eigenvalue weighted by Gasteiger charge is -2.08. The van der Waals surface area contributed by atoms with Crippen LogP contribution in [0.5, 0.6) is 0 Å². The van der Waals surface area contributed by atoms with Crippen LogP contribution < -0.4 is 0 Å². The highest BCUT2D eigenvalue weighted by Crippen LogP contribution is 2.22. The van der Waals surface area contributed by atoms with E-state index < -0.39 is 0 Å². The van der Waals surface area contributed by atoms with E-state index in [0.29, 0.717) is 24.0 Å². The van der Waals surface area contributed by atoms with Crippen molar-refractivity contribution in [3.63, 3.8) is 0 Å². The quantitative estimate of drug-likeness (QED) is 0.497. The van der Waals surface area contributed by atoms with Crippen molar-refractivity contribution in [1.82, 2.24) is 0 Å². The molecule has 0 spiro atoms. The van der Waals surface area contributed by atoms with Crippen LogP contribution in [0.25, 0.3) is 0 Å². The van der Waals surface area contributed by atoms with Crippen molar-refractivity contribution >= 4 is 17.7 Å². The van der Waals surface area contributed by atoms with Crippen LogP contribution >= 0.6 is 11.8 Å². The molecule has 0 radical (unpaired) electrons. The number of esters is 1. The second kappa shape index (κ2) is 9.06. The Hall–Kier alpha value is -0.960. The maximum atomic E-state index is 11.9. The molecule has 0 amide bonds. The van der Waals surface area contributed by atoms with Gasteiger partial charge in [0.15, 0.2) is 0 Å². The lowest BCUT2D eigenvalue weighted by molar-refractivity contribution is 0.0488. The van der Waals surface area contributed by atoms with Crippen LogP contribution in [0.4, 0.5) is 0 Å². The first kappa shape index (κ1) is 17.1. The molecular weight excluding hydrogens is 268 g/mol. The van der Waals surface area contributed by atoms with Crippen LogP contribution in [0, 0.1) is 11.8 Å². The molecule has 3 heteroatoms. The molecule has 0 aromatic heterocycles. The molecule has 1 aromatic carbocycles. The maximum Gasteiger partial charge on any atom is 0.338 e. The molecule has 0 heterocycles. The highest BCUT2D eigenvalue weighted by Gasteiger charge is 2.08. The third kappa shape index (κ3) is 6.99. The number of hydrogen-bond donors (Lipinski definition) is 0. The molecule has 2 nitrogen and oxygen atoms in total. The molecule has 1 aromatic rings. The van der Waals surface area contributed by atoms with Gasteiger partial charge < -0.3 is 4.74 Å². The van der Waals surface area contributed by atoms with Gasteiger partial charge in [0.05, 0.1) is 12.2 Å². The summed E-state index contributed by atoms with van der Waals surface area (Å²) >= 11 is 1.80. The van der Waals surface area contributed by atoms with Crippen molar-refractivity contribution in [2.45, 2.75) is 45.4 Å². The molecule has 112 valence electrons. The van der Waals surface area contributed by atoms with Gasteiger partial charge >= 0.3 is 5.97 Å². The Kier molecular flexibility index (Phi) is 7.75. The smallest absolute Gasteiger partial charge is 0.338 e. The van der Waals surface area contributed by atoms with Crippen LogP contribution in [-0.4, -0.2) is 18.3 Å². The van der Waals surface area contributed by atoms with Crippen LogP contribution in [0.15, 0.2) is 29.2 Å². The van der Waals surface area contributed by atoms with E-state index in [-0.39, 0.29) is 5.97 Å². The van der Waals surface area contributed by atoms with E-state index in [2.05, 4.69) is 33.8 Å². The van der Waals surface area contributed by atoms with Gasteiger partial charge in [0.1, 0.15) is 0 Å². The zero-order valence-corrected chi connectivity index (χ0v) is 13.8. The van der Waals surface area contributed by atoms with E-state index in [0.717, 1.165) is 17.1 Å². The van der Waals surface area contributed by atoms with Crippen molar-refractivity contribution in [2.75, 3.05) is 12.4 Å². The summed E-state index contributed by atoms with van der Waals surface area (Å²) in [5, 5.41) is 0. The Bertz CT molecular complexity index is 413. The standard InChI is InChI=1S/C17H26O2S/c1-13(2)8-10-19-17(18)15-6-5-7-16(12-15)20-11-9-14(3)4/h5-7,12-14H,8-11H2,1-4H3.